The molecule has 1 amide bonds. The van der Waals surface area contributed by atoms with Gasteiger partial charge in [-0.05, 0) is 31.4 Å². The van der Waals surface area contributed by atoms with E-state index in [0.717, 1.165) is 5.56 Å². The van der Waals surface area contributed by atoms with Gasteiger partial charge in [-0.1, -0.05) is 23.7 Å². The average Bonchev–Trinajstić information content (AvgIpc) is 3.23. The molecule has 1 aromatic carbocycles. The summed E-state index contributed by atoms with van der Waals surface area (Å²) in [6, 6.07) is 7.27. The van der Waals surface area contributed by atoms with Gasteiger partial charge in [0.2, 0.25) is 5.91 Å². The lowest BCUT2D eigenvalue weighted by Crippen LogP contribution is -2.33. The maximum absolute atomic E-state index is 12.0. The summed E-state index contributed by atoms with van der Waals surface area (Å²) in [6.07, 6.45) is 4.04. The minimum absolute atomic E-state index is 0.0585. The highest BCUT2D eigenvalue weighted by atomic mass is 35.5. The van der Waals surface area contributed by atoms with Crippen LogP contribution in [0.2, 0.25) is 5.02 Å². The molecule has 1 fully saturated rings. The Labute approximate surface area is 150 Å². The summed E-state index contributed by atoms with van der Waals surface area (Å²) in [5, 5.41) is 12.5. The molecule has 2 atom stereocenters. The number of rotatable bonds is 6. The highest BCUT2D eigenvalue weighted by Crippen LogP contribution is 2.28. The van der Waals surface area contributed by atoms with E-state index in [2.05, 4.69) is 10.3 Å². The molecule has 2 aromatic rings. The van der Waals surface area contributed by atoms with E-state index in [9.17, 15) is 9.59 Å². The van der Waals surface area contributed by atoms with Crippen molar-refractivity contribution in [3.63, 3.8) is 0 Å². The first kappa shape index (κ1) is 17.5. The molecule has 1 heterocycles. The van der Waals surface area contributed by atoms with Crippen LogP contribution in [-0.2, 0) is 16.0 Å². The predicted octanol–water partition coefficient (Wildman–Crippen LogP) is 3.30. The Balaban J connectivity index is 1.50. The van der Waals surface area contributed by atoms with E-state index in [0.29, 0.717) is 42.4 Å². The van der Waals surface area contributed by atoms with Crippen LogP contribution in [0.25, 0.3) is 11.3 Å². The number of benzene rings is 1. The minimum atomic E-state index is -0.788. The number of amides is 1. The number of nitrogens with one attached hydrogen (secondary N) is 1. The predicted molar refractivity (Wildman–Crippen MR) is 92.2 cm³/mol. The standard InChI is InChI=1S/C18H19ClN2O4/c19-14-4-2-1-3-13(14)15-10-20-17(25-15)8-7-16(22)21-12-6-5-11(9-12)18(23)24/h1-4,10-12H,5-9H2,(H,21,22)(H,23,24)/t11-,12+/m1/s1. The first-order chi connectivity index (χ1) is 12.0. The molecule has 0 radical (unpaired) electrons. The Bertz CT molecular complexity index is 774. The zero-order valence-electron chi connectivity index (χ0n) is 13.6. The summed E-state index contributed by atoms with van der Waals surface area (Å²) in [4.78, 5) is 27.2. The molecule has 3 rings (SSSR count). The van der Waals surface area contributed by atoms with E-state index in [1.807, 2.05) is 18.2 Å². The lowest BCUT2D eigenvalue weighted by molar-refractivity contribution is -0.141. The van der Waals surface area contributed by atoms with Gasteiger partial charge in [-0.2, -0.15) is 0 Å². The molecule has 6 nitrogen and oxygen atoms in total. The van der Waals surface area contributed by atoms with Crippen molar-refractivity contribution in [1.29, 1.82) is 0 Å². The Hall–Kier alpha value is -2.34. The number of oxazole rings is 1. The van der Waals surface area contributed by atoms with Crippen molar-refractivity contribution in [1.82, 2.24) is 10.3 Å². The van der Waals surface area contributed by atoms with E-state index >= 15 is 0 Å². The zero-order valence-corrected chi connectivity index (χ0v) is 14.3. The van der Waals surface area contributed by atoms with Gasteiger partial charge in [0.05, 0.1) is 17.1 Å². The molecule has 1 aliphatic carbocycles. The Morgan fingerprint density at radius 1 is 1.32 bits per heavy atom. The van der Waals surface area contributed by atoms with Crippen LogP contribution < -0.4 is 5.32 Å². The highest BCUT2D eigenvalue weighted by Gasteiger charge is 2.30. The number of carbonyl (C=O) groups excluding carboxylic acids is 1. The van der Waals surface area contributed by atoms with Crippen molar-refractivity contribution in [2.75, 3.05) is 0 Å². The van der Waals surface area contributed by atoms with E-state index < -0.39 is 5.97 Å². The molecule has 7 heteroatoms. The summed E-state index contributed by atoms with van der Waals surface area (Å²) < 4.78 is 5.67. The Morgan fingerprint density at radius 3 is 2.84 bits per heavy atom. The van der Waals surface area contributed by atoms with Gasteiger partial charge in [0.15, 0.2) is 11.7 Å². The van der Waals surface area contributed by atoms with Crippen LogP contribution in [0, 0.1) is 5.92 Å². The smallest absolute Gasteiger partial charge is 0.306 e. The summed E-state index contributed by atoms with van der Waals surface area (Å²) in [6.45, 7) is 0. The fourth-order valence-electron chi connectivity index (χ4n) is 3.07. The van der Waals surface area contributed by atoms with Gasteiger partial charge in [-0.15, -0.1) is 0 Å². The topological polar surface area (TPSA) is 92.4 Å². The number of aromatic nitrogens is 1. The Kier molecular flexibility index (Phi) is 5.38. The van der Waals surface area contributed by atoms with E-state index in [1.54, 1.807) is 12.3 Å². The number of aliphatic carboxylic acids is 1. The van der Waals surface area contributed by atoms with Crippen molar-refractivity contribution >= 4 is 23.5 Å². The van der Waals surface area contributed by atoms with Crippen LogP contribution in [0.3, 0.4) is 0 Å². The maximum Gasteiger partial charge on any atom is 0.306 e. The molecule has 1 saturated carbocycles. The summed E-state index contributed by atoms with van der Waals surface area (Å²) in [5.41, 5.74) is 0.762. The molecule has 0 aliphatic heterocycles. The summed E-state index contributed by atoms with van der Waals surface area (Å²) >= 11 is 6.13. The van der Waals surface area contributed by atoms with Gasteiger partial charge in [0, 0.05) is 24.4 Å². The lowest BCUT2D eigenvalue weighted by atomic mass is 10.1. The van der Waals surface area contributed by atoms with Crippen molar-refractivity contribution < 1.29 is 19.1 Å². The second kappa shape index (κ2) is 7.70. The van der Waals surface area contributed by atoms with Crippen molar-refractivity contribution in [2.24, 2.45) is 5.92 Å². The first-order valence-electron chi connectivity index (χ1n) is 8.24. The SMILES string of the molecule is O=C(CCc1ncc(-c2ccccc2Cl)o1)N[C@H]1CC[C@@H](C(=O)O)C1. The normalized spacial score (nSPS) is 19.7. The molecular formula is C18H19ClN2O4. The number of hydrogen-bond donors (Lipinski definition) is 2. The van der Waals surface area contributed by atoms with Crippen LogP contribution in [0.15, 0.2) is 34.9 Å². The van der Waals surface area contributed by atoms with Gasteiger partial charge >= 0.3 is 5.97 Å². The van der Waals surface area contributed by atoms with E-state index in [4.69, 9.17) is 21.1 Å². The third-order valence-corrected chi connectivity index (χ3v) is 4.74. The van der Waals surface area contributed by atoms with Gasteiger partial charge in [0.25, 0.3) is 0 Å². The number of halogens is 1. The molecular weight excluding hydrogens is 344 g/mol. The third-order valence-electron chi connectivity index (χ3n) is 4.41. The van der Waals surface area contributed by atoms with Crippen LogP contribution in [0.1, 0.15) is 31.6 Å². The fourth-order valence-corrected chi connectivity index (χ4v) is 3.30. The number of nitrogens with zero attached hydrogens (tertiary/aromatic N) is 1. The lowest BCUT2D eigenvalue weighted by Gasteiger charge is -2.11. The van der Waals surface area contributed by atoms with Gasteiger partial charge in [0.1, 0.15) is 0 Å². The van der Waals surface area contributed by atoms with Crippen molar-refractivity contribution in [3.05, 3.63) is 41.4 Å². The molecule has 132 valence electrons. The molecule has 2 N–H and O–H groups in total. The molecule has 0 spiro atoms. The first-order valence-corrected chi connectivity index (χ1v) is 8.62. The van der Waals surface area contributed by atoms with Crippen LogP contribution in [-0.4, -0.2) is 28.0 Å². The number of aryl methyl sites for hydroxylation is 1. The quantitative estimate of drug-likeness (QED) is 0.822. The monoisotopic (exact) mass is 362 g/mol. The third kappa shape index (κ3) is 4.39. The molecule has 25 heavy (non-hydrogen) atoms. The van der Waals surface area contributed by atoms with Crippen molar-refractivity contribution in [3.8, 4) is 11.3 Å². The molecule has 0 bridgehead atoms. The summed E-state index contributed by atoms with van der Waals surface area (Å²) in [5.74, 6) is -0.214. The molecule has 1 aromatic heterocycles. The number of carboxylic acids is 1. The van der Waals surface area contributed by atoms with Crippen LogP contribution >= 0.6 is 11.6 Å². The second-order valence-electron chi connectivity index (χ2n) is 6.21. The zero-order chi connectivity index (χ0) is 17.8. The van der Waals surface area contributed by atoms with E-state index in [1.165, 1.54) is 0 Å². The second-order valence-corrected chi connectivity index (χ2v) is 6.62. The Morgan fingerprint density at radius 2 is 2.12 bits per heavy atom. The fraction of sp³-hybridized carbons (Fsp3) is 0.389. The average molecular weight is 363 g/mol. The maximum atomic E-state index is 12.0. The molecule has 0 saturated heterocycles. The summed E-state index contributed by atoms with van der Waals surface area (Å²) in [7, 11) is 0. The minimum Gasteiger partial charge on any atom is -0.481 e. The number of carbonyl (C=O) groups is 2. The number of carboxylic acid groups (broad SMARTS) is 1. The van der Waals surface area contributed by atoms with E-state index in [-0.39, 0.29) is 24.3 Å². The van der Waals surface area contributed by atoms with Crippen LogP contribution in [0.4, 0.5) is 0 Å². The molecule has 1 aliphatic rings. The highest BCUT2D eigenvalue weighted by molar-refractivity contribution is 6.33. The van der Waals surface area contributed by atoms with Crippen molar-refractivity contribution in [2.45, 2.75) is 38.1 Å². The van der Waals surface area contributed by atoms with Crippen LogP contribution in [0.5, 0.6) is 0 Å². The van der Waals surface area contributed by atoms with Gasteiger partial charge in [-0.25, -0.2) is 4.98 Å². The number of hydrogen-bond acceptors (Lipinski definition) is 4. The largest absolute Gasteiger partial charge is 0.481 e. The van der Waals surface area contributed by atoms with Gasteiger partial charge < -0.3 is 14.8 Å². The van der Waals surface area contributed by atoms with Gasteiger partial charge in [-0.3, -0.25) is 9.59 Å². The molecule has 0 unspecified atom stereocenters.